The Morgan fingerprint density at radius 3 is 2.91 bits per heavy atom. The number of carboxylic acids is 1. The van der Waals surface area contributed by atoms with Crippen molar-refractivity contribution in [3.8, 4) is 10.8 Å². The number of fused-ring (bicyclic) bond motifs is 1. The van der Waals surface area contributed by atoms with Crippen LogP contribution in [0.3, 0.4) is 0 Å². The highest BCUT2D eigenvalue weighted by Gasteiger charge is 2.12. The maximum Gasteiger partial charge on any atom is 0.304 e. The Hall–Kier alpha value is -2.18. The SMILES string of the molecule is CN(CCC(=O)O)Cc1ccc(-c2nc3ccccc3s2)o1. The molecule has 0 radical (unpaired) electrons. The van der Waals surface area contributed by atoms with Gasteiger partial charge in [-0.15, -0.1) is 11.3 Å². The molecule has 0 spiro atoms. The number of furan rings is 1. The van der Waals surface area contributed by atoms with Crippen LogP contribution in [0.25, 0.3) is 21.0 Å². The van der Waals surface area contributed by atoms with Gasteiger partial charge in [0.15, 0.2) is 10.8 Å². The molecular formula is C16H16N2O3S. The summed E-state index contributed by atoms with van der Waals surface area (Å²) in [5.41, 5.74) is 0.971. The van der Waals surface area contributed by atoms with Gasteiger partial charge in [-0.1, -0.05) is 12.1 Å². The fourth-order valence-corrected chi connectivity index (χ4v) is 3.11. The summed E-state index contributed by atoms with van der Waals surface area (Å²) in [5.74, 6) is 0.770. The first kappa shape index (κ1) is 14.7. The number of aliphatic carboxylic acids is 1. The van der Waals surface area contributed by atoms with Crippen molar-refractivity contribution in [1.29, 1.82) is 0 Å². The molecule has 0 saturated carbocycles. The molecule has 6 heteroatoms. The highest BCUT2D eigenvalue weighted by Crippen LogP contribution is 2.31. The minimum absolute atomic E-state index is 0.127. The second-order valence-electron chi connectivity index (χ2n) is 5.13. The first-order valence-electron chi connectivity index (χ1n) is 6.97. The van der Waals surface area contributed by atoms with Gasteiger partial charge in [0.05, 0.1) is 23.2 Å². The average molecular weight is 316 g/mol. The van der Waals surface area contributed by atoms with Gasteiger partial charge in [-0.2, -0.15) is 0 Å². The van der Waals surface area contributed by atoms with Crippen molar-refractivity contribution < 1.29 is 14.3 Å². The molecule has 114 valence electrons. The molecule has 1 aromatic carbocycles. The smallest absolute Gasteiger partial charge is 0.304 e. The van der Waals surface area contributed by atoms with E-state index in [1.807, 2.05) is 48.3 Å². The van der Waals surface area contributed by atoms with Gasteiger partial charge in [-0.05, 0) is 31.3 Å². The fraction of sp³-hybridized carbons (Fsp3) is 0.250. The number of hydrogen-bond acceptors (Lipinski definition) is 5. The predicted molar refractivity (Wildman–Crippen MR) is 85.9 cm³/mol. The lowest BCUT2D eigenvalue weighted by Gasteiger charge is -2.13. The summed E-state index contributed by atoms with van der Waals surface area (Å²) in [5, 5.41) is 9.56. The molecule has 3 rings (SSSR count). The number of rotatable bonds is 6. The molecule has 0 aliphatic carbocycles. The molecule has 22 heavy (non-hydrogen) atoms. The number of nitrogens with zero attached hydrogens (tertiary/aromatic N) is 2. The van der Waals surface area contributed by atoms with Gasteiger partial charge in [0.1, 0.15) is 5.76 Å². The van der Waals surface area contributed by atoms with Crippen molar-refractivity contribution in [2.45, 2.75) is 13.0 Å². The van der Waals surface area contributed by atoms with Crippen LogP contribution < -0.4 is 0 Å². The number of benzene rings is 1. The molecule has 0 atom stereocenters. The second kappa shape index (κ2) is 6.29. The zero-order valence-electron chi connectivity index (χ0n) is 12.2. The second-order valence-corrected chi connectivity index (χ2v) is 6.16. The molecule has 0 saturated heterocycles. The highest BCUT2D eigenvalue weighted by atomic mass is 32.1. The minimum atomic E-state index is -0.790. The van der Waals surface area contributed by atoms with Crippen LogP contribution in [0.2, 0.25) is 0 Å². The summed E-state index contributed by atoms with van der Waals surface area (Å²) < 4.78 is 6.97. The summed E-state index contributed by atoms with van der Waals surface area (Å²) in [6, 6.07) is 11.8. The van der Waals surface area contributed by atoms with Crippen LogP contribution >= 0.6 is 11.3 Å². The Labute approximate surface area is 131 Å². The third kappa shape index (κ3) is 3.35. The van der Waals surface area contributed by atoms with Gasteiger partial charge < -0.3 is 9.52 Å². The van der Waals surface area contributed by atoms with Gasteiger partial charge >= 0.3 is 5.97 Å². The third-order valence-corrected chi connectivity index (χ3v) is 4.35. The molecule has 0 fully saturated rings. The topological polar surface area (TPSA) is 66.6 Å². The molecule has 3 aromatic rings. The van der Waals surface area contributed by atoms with E-state index >= 15 is 0 Å². The van der Waals surface area contributed by atoms with E-state index in [1.165, 1.54) is 0 Å². The van der Waals surface area contributed by atoms with E-state index < -0.39 is 5.97 Å². The zero-order valence-corrected chi connectivity index (χ0v) is 13.0. The molecule has 5 nitrogen and oxygen atoms in total. The lowest BCUT2D eigenvalue weighted by molar-refractivity contribution is -0.137. The van der Waals surface area contributed by atoms with Crippen molar-refractivity contribution in [2.24, 2.45) is 0 Å². The third-order valence-electron chi connectivity index (χ3n) is 3.30. The first-order chi connectivity index (χ1) is 10.6. The van der Waals surface area contributed by atoms with Gasteiger partial charge in [-0.3, -0.25) is 9.69 Å². The summed E-state index contributed by atoms with van der Waals surface area (Å²) in [6.45, 7) is 1.07. The zero-order chi connectivity index (χ0) is 15.5. The Bertz CT molecular complexity index is 760. The monoisotopic (exact) mass is 316 g/mol. The van der Waals surface area contributed by atoms with Crippen LogP contribution in [0.15, 0.2) is 40.8 Å². The Kier molecular flexibility index (Phi) is 4.22. The average Bonchev–Trinajstić information content (AvgIpc) is 3.11. The van der Waals surface area contributed by atoms with Crippen LogP contribution in [-0.4, -0.2) is 34.6 Å². The number of aromatic nitrogens is 1. The Balaban J connectivity index is 1.71. The predicted octanol–water partition coefficient (Wildman–Crippen LogP) is 3.46. The summed E-state index contributed by atoms with van der Waals surface area (Å²) >= 11 is 1.60. The van der Waals surface area contributed by atoms with Crippen LogP contribution in [0, 0.1) is 0 Å². The lowest BCUT2D eigenvalue weighted by atomic mass is 10.3. The van der Waals surface area contributed by atoms with Gasteiger partial charge in [0.2, 0.25) is 0 Å². The number of thiazole rings is 1. The van der Waals surface area contributed by atoms with E-state index in [1.54, 1.807) is 11.3 Å². The maximum absolute atomic E-state index is 10.6. The summed E-state index contributed by atoms with van der Waals surface area (Å²) in [7, 11) is 1.88. The summed E-state index contributed by atoms with van der Waals surface area (Å²) in [6.07, 6.45) is 0.127. The Morgan fingerprint density at radius 2 is 2.14 bits per heavy atom. The van der Waals surface area contributed by atoms with E-state index in [9.17, 15) is 4.79 Å². The Morgan fingerprint density at radius 1 is 1.32 bits per heavy atom. The fourth-order valence-electron chi connectivity index (χ4n) is 2.19. The van der Waals surface area contributed by atoms with Crippen molar-refractivity contribution in [1.82, 2.24) is 9.88 Å². The van der Waals surface area contributed by atoms with Crippen LogP contribution in [0.1, 0.15) is 12.2 Å². The van der Waals surface area contributed by atoms with E-state index in [-0.39, 0.29) is 6.42 Å². The van der Waals surface area contributed by atoms with Crippen molar-refractivity contribution in [2.75, 3.05) is 13.6 Å². The van der Waals surface area contributed by atoms with Gasteiger partial charge in [-0.25, -0.2) is 4.98 Å². The van der Waals surface area contributed by atoms with Crippen LogP contribution in [-0.2, 0) is 11.3 Å². The number of carboxylic acid groups (broad SMARTS) is 1. The maximum atomic E-state index is 10.6. The molecule has 0 amide bonds. The normalized spacial score (nSPS) is 11.4. The molecular weight excluding hydrogens is 300 g/mol. The number of hydrogen-bond donors (Lipinski definition) is 1. The molecule has 2 heterocycles. The molecule has 0 unspecified atom stereocenters. The standard InChI is InChI=1S/C16H16N2O3S/c1-18(9-8-15(19)20)10-11-6-7-13(21-11)16-17-12-4-2-3-5-14(12)22-16/h2-7H,8-10H2,1H3,(H,19,20). The van der Waals surface area contributed by atoms with Crippen molar-refractivity contribution in [3.63, 3.8) is 0 Å². The van der Waals surface area contributed by atoms with Crippen LogP contribution in [0.5, 0.6) is 0 Å². The summed E-state index contributed by atoms with van der Waals surface area (Å²) in [4.78, 5) is 17.1. The largest absolute Gasteiger partial charge is 0.481 e. The molecule has 0 aliphatic heterocycles. The molecule has 1 N–H and O–H groups in total. The number of para-hydroxylation sites is 1. The molecule has 0 aliphatic rings. The minimum Gasteiger partial charge on any atom is -0.481 e. The lowest BCUT2D eigenvalue weighted by Crippen LogP contribution is -2.20. The van der Waals surface area contributed by atoms with E-state index in [4.69, 9.17) is 9.52 Å². The van der Waals surface area contributed by atoms with Crippen molar-refractivity contribution >= 4 is 27.5 Å². The highest BCUT2D eigenvalue weighted by molar-refractivity contribution is 7.21. The number of carbonyl (C=O) groups is 1. The van der Waals surface area contributed by atoms with E-state index in [0.717, 1.165) is 26.7 Å². The van der Waals surface area contributed by atoms with E-state index in [2.05, 4.69) is 4.98 Å². The molecule has 2 aromatic heterocycles. The van der Waals surface area contributed by atoms with Crippen LogP contribution in [0.4, 0.5) is 0 Å². The first-order valence-corrected chi connectivity index (χ1v) is 7.78. The van der Waals surface area contributed by atoms with Gasteiger partial charge in [0, 0.05) is 6.54 Å². The van der Waals surface area contributed by atoms with E-state index in [0.29, 0.717) is 13.1 Å². The van der Waals surface area contributed by atoms with Gasteiger partial charge in [0.25, 0.3) is 0 Å². The quantitative estimate of drug-likeness (QED) is 0.754. The van der Waals surface area contributed by atoms with Crippen molar-refractivity contribution in [3.05, 3.63) is 42.2 Å². The molecule has 0 bridgehead atoms.